The van der Waals surface area contributed by atoms with Crippen molar-refractivity contribution in [2.45, 2.75) is 20.3 Å². The highest BCUT2D eigenvalue weighted by Gasteiger charge is 2.11. The van der Waals surface area contributed by atoms with E-state index in [2.05, 4.69) is 15.3 Å². The van der Waals surface area contributed by atoms with Crippen molar-refractivity contribution in [2.75, 3.05) is 5.32 Å². The van der Waals surface area contributed by atoms with Gasteiger partial charge in [0, 0.05) is 37.5 Å². The van der Waals surface area contributed by atoms with Gasteiger partial charge in [-0.25, -0.2) is 9.37 Å². The number of halogens is 1. The van der Waals surface area contributed by atoms with E-state index in [9.17, 15) is 9.18 Å². The largest absolute Gasteiger partial charge is 0.457 e. The molecule has 0 unspecified atom stereocenters. The Bertz CT molecular complexity index is 1250. The fourth-order valence-corrected chi connectivity index (χ4v) is 3.21. The van der Waals surface area contributed by atoms with Crippen molar-refractivity contribution < 1.29 is 13.9 Å². The number of rotatable bonds is 6. The normalized spacial score (nSPS) is 10.9. The third-order valence-corrected chi connectivity index (χ3v) is 4.75. The minimum Gasteiger partial charge on any atom is -0.457 e. The van der Waals surface area contributed by atoms with Crippen molar-refractivity contribution in [2.24, 2.45) is 7.05 Å². The Hall–Kier alpha value is -3.74. The van der Waals surface area contributed by atoms with E-state index in [1.54, 1.807) is 24.4 Å². The molecular weight excluding hydrogens is 383 g/mol. The van der Waals surface area contributed by atoms with Gasteiger partial charge < -0.3 is 14.6 Å². The van der Waals surface area contributed by atoms with Gasteiger partial charge in [-0.3, -0.25) is 9.78 Å². The number of nitrogens with zero attached hydrogens (tertiary/aromatic N) is 3. The maximum atomic E-state index is 13.6. The van der Waals surface area contributed by atoms with Crippen molar-refractivity contribution in [3.05, 3.63) is 71.8 Å². The molecule has 6 nitrogen and oxygen atoms in total. The molecule has 4 aromatic rings. The summed E-state index contributed by atoms with van der Waals surface area (Å²) in [5, 5.41) is 3.20. The molecule has 152 valence electrons. The van der Waals surface area contributed by atoms with Crippen LogP contribution in [0.4, 0.5) is 16.0 Å². The number of ether oxygens (including phenoxy) is 1. The van der Waals surface area contributed by atoms with Crippen LogP contribution in [-0.2, 0) is 18.3 Å². The highest BCUT2D eigenvalue weighted by molar-refractivity contribution is 5.81. The number of aromatic nitrogens is 3. The summed E-state index contributed by atoms with van der Waals surface area (Å²) >= 11 is 0. The van der Waals surface area contributed by atoms with E-state index in [0.29, 0.717) is 28.8 Å². The first-order chi connectivity index (χ1) is 14.4. The quantitative estimate of drug-likeness (QED) is 0.485. The van der Waals surface area contributed by atoms with Crippen LogP contribution in [-0.4, -0.2) is 20.3 Å². The monoisotopic (exact) mass is 404 g/mol. The Morgan fingerprint density at radius 1 is 1.13 bits per heavy atom. The van der Waals surface area contributed by atoms with E-state index in [0.717, 1.165) is 16.6 Å². The van der Waals surface area contributed by atoms with Crippen molar-refractivity contribution in [1.82, 2.24) is 14.5 Å². The zero-order chi connectivity index (χ0) is 21.3. The van der Waals surface area contributed by atoms with Gasteiger partial charge in [0.1, 0.15) is 23.1 Å². The number of aryl methyl sites for hydroxylation is 2. The fourth-order valence-electron chi connectivity index (χ4n) is 3.21. The average molecular weight is 404 g/mol. The van der Waals surface area contributed by atoms with Crippen molar-refractivity contribution in [3.63, 3.8) is 0 Å². The predicted octanol–water partition coefficient (Wildman–Crippen LogP) is 5.08. The molecule has 0 saturated heterocycles. The van der Waals surface area contributed by atoms with E-state index in [-0.39, 0.29) is 18.0 Å². The molecule has 0 radical (unpaired) electrons. The fraction of sp³-hybridized carbons (Fsp3) is 0.174. The molecular formula is C23H21FN4O2. The topological polar surface area (TPSA) is 69.0 Å². The molecule has 0 aliphatic rings. The summed E-state index contributed by atoms with van der Waals surface area (Å²) in [5.41, 5.74) is 3.90. The first-order valence-corrected chi connectivity index (χ1v) is 9.51. The summed E-state index contributed by atoms with van der Waals surface area (Å²) in [6.07, 6.45) is 1.89. The molecule has 0 bridgehead atoms. The Kier molecular flexibility index (Phi) is 5.18. The molecule has 0 atom stereocenters. The van der Waals surface area contributed by atoms with Gasteiger partial charge in [0.25, 0.3) is 0 Å². The number of carbonyl (C=O) groups is 1. The van der Waals surface area contributed by atoms with Crippen molar-refractivity contribution in [1.29, 1.82) is 0 Å². The minimum atomic E-state index is -0.306. The molecule has 1 N–H and O–H groups in total. The first-order valence-electron chi connectivity index (χ1n) is 9.51. The van der Waals surface area contributed by atoms with Crippen LogP contribution in [0.5, 0.6) is 11.5 Å². The second-order valence-electron chi connectivity index (χ2n) is 7.19. The van der Waals surface area contributed by atoms with Gasteiger partial charge in [0.2, 0.25) is 5.95 Å². The molecule has 2 heterocycles. The van der Waals surface area contributed by atoms with Crippen LogP contribution in [0.2, 0.25) is 0 Å². The lowest BCUT2D eigenvalue weighted by Gasteiger charge is -2.09. The number of pyridine rings is 1. The van der Waals surface area contributed by atoms with Crippen LogP contribution in [0.15, 0.2) is 54.7 Å². The number of anilines is 2. The molecule has 4 rings (SSSR count). The Morgan fingerprint density at radius 3 is 2.73 bits per heavy atom. The lowest BCUT2D eigenvalue weighted by molar-refractivity contribution is -0.116. The van der Waals surface area contributed by atoms with E-state index >= 15 is 0 Å². The summed E-state index contributed by atoms with van der Waals surface area (Å²) in [5.74, 6) is 1.56. The van der Waals surface area contributed by atoms with Gasteiger partial charge >= 0.3 is 0 Å². The third kappa shape index (κ3) is 4.15. The zero-order valence-corrected chi connectivity index (χ0v) is 16.9. The summed E-state index contributed by atoms with van der Waals surface area (Å²) in [6, 6.07) is 13.7. The van der Waals surface area contributed by atoms with Crippen LogP contribution in [0.3, 0.4) is 0 Å². The van der Waals surface area contributed by atoms with Crippen molar-refractivity contribution >= 4 is 28.5 Å². The molecule has 0 aliphatic heterocycles. The minimum absolute atomic E-state index is 0.0446. The number of fused-ring (bicyclic) bond motifs is 1. The molecule has 0 amide bonds. The Balaban J connectivity index is 1.60. The second kappa shape index (κ2) is 7.94. The van der Waals surface area contributed by atoms with Crippen molar-refractivity contribution in [3.8, 4) is 11.5 Å². The smallest absolute Gasteiger partial charge is 0.208 e. The highest BCUT2D eigenvalue weighted by atomic mass is 19.1. The highest BCUT2D eigenvalue weighted by Crippen LogP contribution is 2.29. The second-order valence-corrected chi connectivity index (χ2v) is 7.19. The number of benzene rings is 2. The van der Waals surface area contributed by atoms with Gasteiger partial charge in [-0.1, -0.05) is 6.07 Å². The summed E-state index contributed by atoms with van der Waals surface area (Å²) in [7, 11) is 1.89. The van der Waals surface area contributed by atoms with E-state index < -0.39 is 0 Å². The van der Waals surface area contributed by atoms with Gasteiger partial charge in [0.15, 0.2) is 0 Å². The molecule has 0 fully saturated rings. The lowest BCUT2D eigenvalue weighted by atomic mass is 10.2. The number of carbonyl (C=O) groups excluding carboxylic acids is 1. The summed E-state index contributed by atoms with van der Waals surface area (Å²) < 4.78 is 21.5. The molecule has 2 aromatic heterocycles. The van der Waals surface area contributed by atoms with Gasteiger partial charge in [-0.2, -0.15) is 0 Å². The number of imidazole rings is 1. The van der Waals surface area contributed by atoms with Crippen LogP contribution in [0.1, 0.15) is 18.2 Å². The number of hydrogen-bond acceptors (Lipinski definition) is 5. The maximum absolute atomic E-state index is 13.6. The van der Waals surface area contributed by atoms with E-state index in [1.807, 2.05) is 36.7 Å². The number of Topliss-reactive ketones (excluding diaryl/α,β-unsaturated/α-hetero) is 1. The summed E-state index contributed by atoms with van der Waals surface area (Å²) in [6.45, 7) is 3.44. The van der Waals surface area contributed by atoms with Crippen LogP contribution in [0.25, 0.3) is 11.0 Å². The van der Waals surface area contributed by atoms with Gasteiger partial charge in [-0.15, -0.1) is 0 Å². The number of nitrogens with one attached hydrogen (secondary N) is 1. The van der Waals surface area contributed by atoms with E-state index in [1.165, 1.54) is 19.1 Å². The molecule has 0 aliphatic carbocycles. The zero-order valence-electron chi connectivity index (χ0n) is 16.9. The predicted molar refractivity (Wildman–Crippen MR) is 114 cm³/mol. The molecule has 30 heavy (non-hydrogen) atoms. The molecule has 0 saturated carbocycles. The van der Waals surface area contributed by atoms with Crippen LogP contribution < -0.4 is 10.1 Å². The Morgan fingerprint density at radius 2 is 1.93 bits per heavy atom. The molecule has 7 heteroatoms. The van der Waals surface area contributed by atoms with Gasteiger partial charge in [0.05, 0.1) is 16.7 Å². The van der Waals surface area contributed by atoms with Crippen LogP contribution in [0, 0.1) is 12.7 Å². The molecule has 0 spiro atoms. The standard InChI is InChI=1S/C23H21FN4O2/c1-14-4-5-16(24)11-20(14)26-23-27-21-13-18(6-7-22(21)28(23)3)30-19-8-9-25-17(12-19)10-15(2)29/h4-9,11-13H,10H2,1-3H3,(H,26,27). The SMILES string of the molecule is CC(=O)Cc1cc(Oc2ccc3c(c2)nc(Nc2cc(F)ccc2C)n3C)ccn1. The number of ketones is 1. The lowest BCUT2D eigenvalue weighted by Crippen LogP contribution is -2.00. The van der Waals surface area contributed by atoms with E-state index in [4.69, 9.17) is 4.74 Å². The first kappa shape index (κ1) is 19.6. The molecule has 2 aromatic carbocycles. The summed E-state index contributed by atoms with van der Waals surface area (Å²) in [4.78, 5) is 20.1. The number of hydrogen-bond donors (Lipinski definition) is 1. The van der Waals surface area contributed by atoms with Crippen LogP contribution >= 0.6 is 0 Å². The Labute approximate surface area is 173 Å². The van der Waals surface area contributed by atoms with Gasteiger partial charge in [-0.05, 0) is 49.7 Å². The third-order valence-electron chi connectivity index (χ3n) is 4.75. The maximum Gasteiger partial charge on any atom is 0.208 e. The average Bonchev–Trinajstić information content (AvgIpc) is 2.99.